The molecule has 29 heavy (non-hydrogen) atoms. The van der Waals surface area contributed by atoms with Crippen LogP contribution in [0.1, 0.15) is 48.0 Å². The molecular formula is C21H26N2O5S. The first-order valence-corrected chi connectivity index (χ1v) is 10.5. The van der Waals surface area contributed by atoms with E-state index < -0.39 is 12.1 Å². The Morgan fingerprint density at radius 1 is 1.17 bits per heavy atom. The van der Waals surface area contributed by atoms with Crippen molar-refractivity contribution in [3.8, 4) is 22.1 Å². The molecule has 8 heteroatoms. The summed E-state index contributed by atoms with van der Waals surface area (Å²) in [5.41, 5.74) is 1.37. The van der Waals surface area contributed by atoms with E-state index >= 15 is 0 Å². The highest BCUT2D eigenvalue weighted by atomic mass is 32.1. The second-order valence-corrected chi connectivity index (χ2v) is 8.04. The third-order valence-corrected chi connectivity index (χ3v) is 6.15. The van der Waals surface area contributed by atoms with E-state index in [1.54, 1.807) is 34.1 Å². The maximum absolute atomic E-state index is 12.6. The van der Waals surface area contributed by atoms with Gasteiger partial charge >= 0.3 is 5.97 Å². The molecular weight excluding hydrogens is 392 g/mol. The van der Waals surface area contributed by atoms with Gasteiger partial charge < -0.3 is 19.5 Å². The molecule has 0 bridgehead atoms. The van der Waals surface area contributed by atoms with E-state index in [1.807, 2.05) is 12.1 Å². The number of carbonyl (C=O) groups is 2. The van der Waals surface area contributed by atoms with Crippen LogP contribution in [-0.4, -0.2) is 43.2 Å². The molecule has 7 nitrogen and oxygen atoms in total. The Morgan fingerprint density at radius 2 is 1.86 bits per heavy atom. The summed E-state index contributed by atoms with van der Waals surface area (Å²) < 4.78 is 16.0. The molecule has 0 spiro atoms. The Balaban J connectivity index is 1.70. The Hall–Kier alpha value is -2.61. The van der Waals surface area contributed by atoms with Crippen LogP contribution in [0.15, 0.2) is 18.2 Å². The number of carbonyl (C=O) groups excluding carboxylic acids is 2. The number of thiazole rings is 1. The van der Waals surface area contributed by atoms with Gasteiger partial charge in [0.05, 0.1) is 19.9 Å². The minimum absolute atomic E-state index is 0.186. The summed E-state index contributed by atoms with van der Waals surface area (Å²) in [5.74, 6) is 0.402. The van der Waals surface area contributed by atoms with E-state index in [1.165, 1.54) is 11.3 Å². The van der Waals surface area contributed by atoms with Crippen LogP contribution in [0.25, 0.3) is 10.6 Å². The van der Waals surface area contributed by atoms with Gasteiger partial charge in [0.1, 0.15) is 9.88 Å². The van der Waals surface area contributed by atoms with Crippen LogP contribution < -0.4 is 14.8 Å². The number of nitrogens with zero attached hydrogens (tertiary/aromatic N) is 1. The molecule has 1 atom stereocenters. The number of rotatable bonds is 7. The number of methoxy groups -OCH3 is 2. The van der Waals surface area contributed by atoms with E-state index in [-0.39, 0.29) is 11.9 Å². The lowest BCUT2D eigenvalue weighted by Gasteiger charge is -2.16. The summed E-state index contributed by atoms with van der Waals surface area (Å²) in [6.45, 7) is 3.34. The van der Waals surface area contributed by atoms with E-state index in [0.29, 0.717) is 27.1 Å². The molecule has 0 saturated heterocycles. The van der Waals surface area contributed by atoms with E-state index in [2.05, 4.69) is 10.3 Å². The largest absolute Gasteiger partial charge is 0.493 e. The van der Waals surface area contributed by atoms with Crippen molar-refractivity contribution in [1.82, 2.24) is 10.3 Å². The molecule has 156 valence electrons. The van der Waals surface area contributed by atoms with E-state index in [0.717, 1.165) is 31.2 Å². The molecule has 1 amide bonds. The first-order chi connectivity index (χ1) is 13.9. The van der Waals surface area contributed by atoms with Crippen LogP contribution >= 0.6 is 11.3 Å². The Bertz CT molecular complexity index is 889. The first-order valence-electron chi connectivity index (χ1n) is 9.64. The molecule has 0 radical (unpaired) electrons. The van der Waals surface area contributed by atoms with Gasteiger partial charge in [-0.3, -0.25) is 4.79 Å². The SMILES string of the molecule is COc1ccc(-c2nc(C)c(C(=O)O[C@H](C)C(=O)NC3CCCC3)s2)cc1OC. The van der Waals surface area contributed by atoms with Crippen molar-refractivity contribution in [2.75, 3.05) is 14.2 Å². The number of nitrogens with one attached hydrogen (secondary N) is 1. The Labute approximate surface area is 174 Å². The van der Waals surface area contributed by atoms with Crippen molar-refractivity contribution in [3.05, 3.63) is 28.8 Å². The second kappa shape index (κ2) is 9.26. The lowest BCUT2D eigenvalue weighted by molar-refractivity contribution is -0.129. The molecule has 0 unspecified atom stereocenters. The predicted octanol–water partition coefficient (Wildman–Crippen LogP) is 3.74. The maximum Gasteiger partial charge on any atom is 0.351 e. The summed E-state index contributed by atoms with van der Waals surface area (Å²) in [4.78, 5) is 29.8. The number of benzene rings is 1. The van der Waals surface area contributed by atoms with E-state index in [9.17, 15) is 9.59 Å². The maximum atomic E-state index is 12.6. The first kappa shape index (κ1) is 21.1. The summed E-state index contributed by atoms with van der Waals surface area (Å²) in [6, 6.07) is 5.64. The molecule has 0 aliphatic heterocycles. The minimum Gasteiger partial charge on any atom is -0.493 e. The Kier molecular flexibility index (Phi) is 6.74. The zero-order valence-electron chi connectivity index (χ0n) is 17.1. The zero-order valence-corrected chi connectivity index (χ0v) is 17.9. The summed E-state index contributed by atoms with van der Waals surface area (Å²) >= 11 is 1.23. The van der Waals surface area contributed by atoms with Crippen LogP contribution in [0.4, 0.5) is 0 Å². The standard InChI is InChI=1S/C21H26N2O5S/c1-12-18(21(25)28-13(2)19(24)23-15-7-5-6-8-15)29-20(22-12)14-9-10-16(26-3)17(11-14)27-4/h9-11,13,15H,5-8H2,1-4H3,(H,23,24)/t13-/m1/s1. The monoisotopic (exact) mass is 418 g/mol. The topological polar surface area (TPSA) is 86.8 Å². The van der Waals surface area contributed by atoms with Crippen molar-refractivity contribution in [1.29, 1.82) is 0 Å². The van der Waals surface area contributed by atoms with Crippen molar-refractivity contribution in [2.45, 2.75) is 51.7 Å². The smallest absolute Gasteiger partial charge is 0.351 e. The van der Waals surface area contributed by atoms with Gasteiger partial charge in [-0.2, -0.15) is 0 Å². The number of ether oxygens (including phenoxy) is 3. The number of aromatic nitrogens is 1. The predicted molar refractivity (Wildman–Crippen MR) is 111 cm³/mol. The zero-order chi connectivity index (χ0) is 21.0. The van der Waals surface area contributed by atoms with Gasteiger partial charge in [0.2, 0.25) is 0 Å². The van der Waals surface area contributed by atoms with Crippen LogP contribution in [0.3, 0.4) is 0 Å². The molecule has 1 aromatic heterocycles. The third kappa shape index (κ3) is 4.87. The quantitative estimate of drug-likeness (QED) is 0.690. The lowest BCUT2D eigenvalue weighted by atomic mass is 10.2. The molecule has 1 heterocycles. The number of amides is 1. The molecule has 1 aromatic carbocycles. The molecule has 1 fully saturated rings. The summed E-state index contributed by atoms with van der Waals surface area (Å²) in [5, 5.41) is 3.62. The van der Waals surface area contributed by atoms with Crippen LogP contribution in [0.2, 0.25) is 0 Å². The fourth-order valence-electron chi connectivity index (χ4n) is 3.33. The minimum atomic E-state index is -0.853. The van der Waals surface area contributed by atoms with Gasteiger partial charge in [-0.15, -0.1) is 11.3 Å². The third-order valence-electron chi connectivity index (χ3n) is 4.97. The fourth-order valence-corrected chi connectivity index (χ4v) is 4.28. The average Bonchev–Trinajstić information content (AvgIpc) is 3.36. The number of hydrogen-bond donors (Lipinski definition) is 1. The van der Waals surface area contributed by atoms with Crippen LogP contribution in [0.5, 0.6) is 11.5 Å². The average molecular weight is 419 g/mol. The highest BCUT2D eigenvalue weighted by Gasteiger charge is 2.25. The van der Waals surface area contributed by atoms with Crippen LogP contribution in [-0.2, 0) is 9.53 Å². The molecule has 2 aromatic rings. The number of aryl methyl sites for hydroxylation is 1. The van der Waals surface area contributed by atoms with Crippen LogP contribution in [0, 0.1) is 6.92 Å². The molecule has 3 rings (SSSR count). The summed E-state index contributed by atoms with van der Waals surface area (Å²) in [6.07, 6.45) is 3.36. The van der Waals surface area contributed by atoms with Gasteiger partial charge in [0.25, 0.3) is 5.91 Å². The van der Waals surface area contributed by atoms with Crippen molar-refractivity contribution < 1.29 is 23.8 Å². The van der Waals surface area contributed by atoms with E-state index in [4.69, 9.17) is 14.2 Å². The molecule has 1 aliphatic carbocycles. The highest BCUT2D eigenvalue weighted by molar-refractivity contribution is 7.17. The van der Waals surface area contributed by atoms with Gasteiger partial charge in [-0.05, 0) is 44.9 Å². The van der Waals surface area contributed by atoms with Crippen molar-refractivity contribution in [3.63, 3.8) is 0 Å². The fraction of sp³-hybridized carbons (Fsp3) is 0.476. The van der Waals surface area contributed by atoms with Gasteiger partial charge in [-0.25, -0.2) is 9.78 Å². The summed E-state index contributed by atoms with van der Waals surface area (Å²) in [7, 11) is 3.14. The Morgan fingerprint density at radius 3 is 2.52 bits per heavy atom. The highest BCUT2D eigenvalue weighted by Crippen LogP contribution is 2.35. The normalized spacial score (nSPS) is 15.0. The molecule has 1 N–H and O–H groups in total. The van der Waals surface area contributed by atoms with Gasteiger partial charge in [0.15, 0.2) is 17.6 Å². The van der Waals surface area contributed by atoms with Crippen molar-refractivity contribution >= 4 is 23.2 Å². The number of hydrogen-bond acceptors (Lipinski definition) is 7. The lowest BCUT2D eigenvalue weighted by Crippen LogP contribution is -2.40. The molecule has 1 saturated carbocycles. The van der Waals surface area contributed by atoms with Gasteiger partial charge in [0, 0.05) is 11.6 Å². The van der Waals surface area contributed by atoms with Gasteiger partial charge in [-0.1, -0.05) is 12.8 Å². The molecule has 1 aliphatic rings. The second-order valence-electron chi connectivity index (χ2n) is 7.04. The number of esters is 1. The van der Waals surface area contributed by atoms with Crippen molar-refractivity contribution in [2.24, 2.45) is 0 Å².